The predicted molar refractivity (Wildman–Crippen MR) is 125 cm³/mol. The Morgan fingerprint density at radius 1 is 0.690 bits per heavy atom. The molecule has 2 heteroatoms. The number of hydrogen-bond donors (Lipinski definition) is 0. The zero-order chi connectivity index (χ0) is 21.5. The van der Waals surface area contributed by atoms with Crippen molar-refractivity contribution in [2.75, 3.05) is 6.61 Å². The van der Waals surface area contributed by atoms with Crippen LogP contribution in [-0.2, 0) is 4.74 Å². The molecule has 0 heterocycles. The second-order valence-corrected chi connectivity index (χ2v) is 9.79. The molecule has 29 heavy (non-hydrogen) atoms. The monoisotopic (exact) mass is 402 g/mol. The van der Waals surface area contributed by atoms with Gasteiger partial charge in [-0.3, -0.25) is 0 Å². The molecule has 1 aromatic carbocycles. The van der Waals surface area contributed by atoms with Crippen LogP contribution in [0.1, 0.15) is 109 Å². The Bertz CT molecular complexity index is 523. The highest BCUT2D eigenvalue weighted by Crippen LogP contribution is 2.22. The lowest BCUT2D eigenvalue weighted by atomic mass is 9.91. The fourth-order valence-corrected chi connectivity index (χ4v) is 3.95. The van der Waals surface area contributed by atoms with Crippen LogP contribution < -0.4 is 0 Å². The van der Waals surface area contributed by atoms with Crippen molar-refractivity contribution in [3.63, 3.8) is 0 Å². The maximum atomic E-state index is 11.9. The smallest absolute Gasteiger partial charge is 0.338 e. The predicted octanol–water partition coefficient (Wildman–Crippen LogP) is 8.31. The largest absolute Gasteiger partial charge is 0.462 e. The average Bonchev–Trinajstić information content (AvgIpc) is 2.68. The summed E-state index contributed by atoms with van der Waals surface area (Å²) in [5.41, 5.74) is 0.642. The van der Waals surface area contributed by atoms with E-state index in [-0.39, 0.29) is 5.97 Å². The van der Waals surface area contributed by atoms with Crippen LogP contribution in [0, 0.1) is 23.7 Å². The number of benzene rings is 1. The van der Waals surface area contributed by atoms with Crippen LogP contribution in [0.5, 0.6) is 0 Å². The number of rotatable bonds is 16. The van der Waals surface area contributed by atoms with Crippen LogP contribution in [-0.4, -0.2) is 12.6 Å². The molecule has 0 aliphatic carbocycles. The van der Waals surface area contributed by atoms with Crippen molar-refractivity contribution in [1.82, 2.24) is 0 Å². The second kappa shape index (κ2) is 15.5. The molecule has 2 nitrogen and oxygen atoms in total. The van der Waals surface area contributed by atoms with Crippen molar-refractivity contribution in [2.24, 2.45) is 23.7 Å². The van der Waals surface area contributed by atoms with Gasteiger partial charge in [0.2, 0.25) is 0 Å². The van der Waals surface area contributed by atoms with Gasteiger partial charge in [0.15, 0.2) is 0 Å². The lowest BCUT2D eigenvalue weighted by molar-refractivity contribution is 0.0483. The third-order valence-corrected chi connectivity index (χ3v) is 6.12. The molecule has 1 aromatic rings. The van der Waals surface area contributed by atoms with Gasteiger partial charge in [-0.05, 0) is 42.2 Å². The van der Waals surface area contributed by atoms with E-state index in [1.165, 1.54) is 57.8 Å². The van der Waals surface area contributed by atoms with E-state index in [2.05, 4.69) is 34.6 Å². The van der Waals surface area contributed by atoms with Gasteiger partial charge in [0.1, 0.15) is 0 Å². The lowest BCUT2D eigenvalue weighted by Crippen LogP contribution is -2.09. The summed E-state index contributed by atoms with van der Waals surface area (Å²) in [6, 6.07) is 9.26. The topological polar surface area (TPSA) is 26.3 Å². The first-order valence-electron chi connectivity index (χ1n) is 12.1. The highest BCUT2D eigenvalue weighted by molar-refractivity contribution is 5.89. The molecule has 3 unspecified atom stereocenters. The molecule has 0 N–H and O–H groups in total. The van der Waals surface area contributed by atoms with E-state index in [1.807, 2.05) is 18.2 Å². The average molecular weight is 403 g/mol. The second-order valence-electron chi connectivity index (χ2n) is 9.79. The van der Waals surface area contributed by atoms with Gasteiger partial charge in [0.05, 0.1) is 12.2 Å². The highest BCUT2D eigenvalue weighted by Gasteiger charge is 2.10. The fourth-order valence-electron chi connectivity index (χ4n) is 3.95. The summed E-state index contributed by atoms with van der Waals surface area (Å²) in [5, 5.41) is 0. The summed E-state index contributed by atoms with van der Waals surface area (Å²) in [6.45, 7) is 12.3. The normalized spacial score (nSPS) is 14.6. The Morgan fingerprint density at radius 3 is 1.62 bits per heavy atom. The summed E-state index contributed by atoms with van der Waals surface area (Å²) in [6.07, 6.45) is 13.1. The van der Waals surface area contributed by atoms with Crippen molar-refractivity contribution in [3.05, 3.63) is 35.9 Å². The van der Waals surface area contributed by atoms with Crippen LogP contribution in [0.4, 0.5) is 0 Å². The molecule has 0 spiro atoms. The Balaban J connectivity index is 2.01. The molecule has 0 aliphatic heterocycles. The first-order valence-corrected chi connectivity index (χ1v) is 12.1. The molecule has 0 aromatic heterocycles. The van der Waals surface area contributed by atoms with Crippen molar-refractivity contribution in [3.8, 4) is 0 Å². The molecule has 3 atom stereocenters. The van der Waals surface area contributed by atoms with E-state index in [4.69, 9.17) is 4.74 Å². The minimum atomic E-state index is -0.204. The number of esters is 1. The molecule has 1 rings (SSSR count). The van der Waals surface area contributed by atoms with Crippen molar-refractivity contribution in [1.29, 1.82) is 0 Å². The summed E-state index contributed by atoms with van der Waals surface area (Å²) in [5.74, 6) is 2.98. The molecule has 166 valence electrons. The lowest BCUT2D eigenvalue weighted by Gasteiger charge is -2.16. The van der Waals surface area contributed by atoms with Crippen LogP contribution in [0.3, 0.4) is 0 Å². The summed E-state index contributed by atoms with van der Waals surface area (Å²) in [4.78, 5) is 11.9. The quantitative estimate of drug-likeness (QED) is 0.260. The zero-order valence-electron chi connectivity index (χ0n) is 19.8. The van der Waals surface area contributed by atoms with Crippen molar-refractivity contribution >= 4 is 5.97 Å². The summed E-state index contributed by atoms with van der Waals surface area (Å²) in [7, 11) is 0. The number of carbonyl (C=O) groups excluding carboxylic acids is 1. The third kappa shape index (κ3) is 13.5. The fraction of sp³-hybridized carbons (Fsp3) is 0.741. The van der Waals surface area contributed by atoms with Gasteiger partial charge < -0.3 is 4.74 Å². The minimum Gasteiger partial charge on any atom is -0.462 e. The third-order valence-electron chi connectivity index (χ3n) is 6.12. The molecular formula is C27H46O2. The Morgan fingerprint density at radius 2 is 1.14 bits per heavy atom. The molecule has 0 amide bonds. The molecule has 0 saturated heterocycles. The maximum absolute atomic E-state index is 11.9. The van der Waals surface area contributed by atoms with E-state index in [1.54, 1.807) is 12.1 Å². The number of carbonyl (C=O) groups is 1. The number of ether oxygens (including phenoxy) is 1. The van der Waals surface area contributed by atoms with Crippen molar-refractivity contribution < 1.29 is 9.53 Å². The molecule has 0 aliphatic rings. The summed E-state index contributed by atoms with van der Waals surface area (Å²) >= 11 is 0. The van der Waals surface area contributed by atoms with Gasteiger partial charge in [-0.15, -0.1) is 0 Å². The maximum Gasteiger partial charge on any atom is 0.338 e. The standard InChI is InChI=1S/C27H46O2/c1-22(2)12-9-13-23(3)14-10-15-24(4)16-11-17-25(5)20-21-29-27(28)26-18-7-6-8-19-26/h6-8,18-19,22-25H,9-17,20-21H2,1-5H3. The van der Waals surface area contributed by atoms with Gasteiger partial charge in [-0.1, -0.05) is 111 Å². The Kier molecular flexibility index (Phi) is 13.8. The van der Waals surface area contributed by atoms with Crippen LogP contribution >= 0.6 is 0 Å². The number of hydrogen-bond acceptors (Lipinski definition) is 2. The first kappa shape index (κ1) is 25.7. The van der Waals surface area contributed by atoms with Crippen LogP contribution in [0.15, 0.2) is 30.3 Å². The highest BCUT2D eigenvalue weighted by atomic mass is 16.5. The Hall–Kier alpha value is -1.31. The zero-order valence-corrected chi connectivity index (χ0v) is 19.8. The van der Waals surface area contributed by atoms with Gasteiger partial charge in [-0.2, -0.15) is 0 Å². The van der Waals surface area contributed by atoms with E-state index < -0.39 is 0 Å². The van der Waals surface area contributed by atoms with Crippen molar-refractivity contribution in [2.45, 2.75) is 98.8 Å². The molecule has 0 fully saturated rings. The summed E-state index contributed by atoms with van der Waals surface area (Å²) < 4.78 is 5.40. The van der Waals surface area contributed by atoms with Gasteiger partial charge >= 0.3 is 5.97 Å². The van der Waals surface area contributed by atoms with Gasteiger partial charge in [0.25, 0.3) is 0 Å². The minimum absolute atomic E-state index is 0.204. The SMILES string of the molecule is CC(C)CCCC(C)CCCC(C)CCCC(C)CCOC(=O)c1ccccc1. The van der Waals surface area contributed by atoms with Gasteiger partial charge in [-0.25, -0.2) is 4.79 Å². The van der Waals surface area contributed by atoms with E-state index in [0.717, 1.165) is 24.2 Å². The Labute approximate surface area is 180 Å². The van der Waals surface area contributed by atoms with E-state index in [9.17, 15) is 4.79 Å². The van der Waals surface area contributed by atoms with Crippen LogP contribution in [0.25, 0.3) is 0 Å². The first-order chi connectivity index (χ1) is 13.9. The molecule has 0 saturated carbocycles. The van der Waals surface area contributed by atoms with E-state index >= 15 is 0 Å². The van der Waals surface area contributed by atoms with Crippen LogP contribution in [0.2, 0.25) is 0 Å². The van der Waals surface area contributed by atoms with E-state index in [0.29, 0.717) is 18.1 Å². The van der Waals surface area contributed by atoms with Gasteiger partial charge in [0, 0.05) is 0 Å². The molecule has 0 radical (unpaired) electrons. The molecular weight excluding hydrogens is 356 g/mol. The molecule has 0 bridgehead atoms.